The van der Waals surface area contributed by atoms with Crippen LogP contribution in [-0.2, 0) is 14.8 Å². The molecule has 1 aromatic carbocycles. The second kappa shape index (κ2) is 8.22. The zero-order valence-corrected chi connectivity index (χ0v) is 16.2. The van der Waals surface area contributed by atoms with E-state index >= 15 is 0 Å². The first-order valence-electron chi connectivity index (χ1n) is 9.11. The van der Waals surface area contributed by atoms with E-state index in [1.807, 2.05) is 0 Å². The van der Waals surface area contributed by atoms with Crippen molar-refractivity contribution in [1.82, 2.24) is 9.21 Å². The Morgan fingerprint density at radius 2 is 1.76 bits per heavy atom. The summed E-state index contributed by atoms with van der Waals surface area (Å²) in [5, 5.41) is 18.9. The third kappa shape index (κ3) is 4.15. The second-order valence-corrected chi connectivity index (χ2v) is 9.18. The third-order valence-electron chi connectivity index (χ3n) is 5.47. The Kier molecular flexibility index (Phi) is 6.25. The average Bonchev–Trinajstić information content (AvgIpc) is 3.14. The highest BCUT2D eigenvalue weighted by Gasteiger charge is 2.44. The van der Waals surface area contributed by atoms with Crippen LogP contribution < -0.4 is 5.73 Å². The molecular weight excluding hydrogens is 414 g/mol. The van der Waals surface area contributed by atoms with Crippen molar-refractivity contribution in [2.45, 2.75) is 36.1 Å². The van der Waals surface area contributed by atoms with Gasteiger partial charge in [0.2, 0.25) is 15.9 Å². The Balaban J connectivity index is 1.86. The van der Waals surface area contributed by atoms with Gasteiger partial charge < -0.3 is 20.7 Å². The number of carbonyl (C=O) groups excluding carboxylic acids is 1. The molecule has 13 heteroatoms. The summed E-state index contributed by atoms with van der Waals surface area (Å²) in [5.41, 5.74) is 6.01. The molecule has 2 aliphatic heterocycles. The van der Waals surface area contributed by atoms with Gasteiger partial charge in [-0.05, 0) is 25.3 Å². The summed E-state index contributed by atoms with van der Waals surface area (Å²) in [5.74, 6) is -6.80. The minimum absolute atomic E-state index is 0.0844. The van der Waals surface area contributed by atoms with Crippen LogP contribution in [0.15, 0.2) is 17.0 Å². The number of hydrogen-bond acceptors (Lipinski definition) is 6. The fourth-order valence-corrected chi connectivity index (χ4v) is 5.39. The molecule has 1 amide bonds. The van der Waals surface area contributed by atoms with Gasteiger partial charge in [0.1, 0.15) is 10.7 Å². The third-order valence-corrected chi connectivity index (χ3v) is 7.35. The highest BCUT2D eigenvalue weighted by molar-refractivity contribution is 7.89. The Morgan fingerprint density at radius 1 is 1.10 bits per heavy atom. The lowest BCUT2D eigenvalue weighted by atomic mass is 9.77. The first-order valence-corrected chi connectivity index (χ1v) is 10.5. The smallest absolute Gasteiger partial charge is 0.426 e. The molecule has 4 N–H and O–H groups in total. The van der Waals surface area contributed by atoms with E-state index in [-0.39, 0.29) is 38.2 Å². The lowest BCUT2D eigenvalue weighted by molar-refractivity contribution is -0.137. The van der Waals surface area contributed by atoms with Crippen LogP contribution in [0.4, 0.5) is 13.2 Å². The molecule has 0 spiro atoms. The quantitative estimate of drug-likeness (QED) is 0.431. The van der Waals surface area contributed by atoms with Gasteiger partial charge in [0.15, 0.2) is 11.6 Å². The minimum Gasteiger partial charge on any atom is -0.426 e. The number of amides is 1. The van der Waals surface area contributed by atoms with Gasteiger partial charge in [-0.1, -0.05) is 0 Å². The van der Waals surface area contributed by atoms with Crippen molar-refractivity contribution in [3.05, 3.63) is 29.6 Å². The topological polar surface area (TPSA) is 124 Å². The second-order valence-electron chi connectivity index (χ2n) is 7.27. The number of rotatable bonds is 4. The van der Waals surface area contributed by atoms with Crippen molar-refractivity contribution in [3.8, 4) is 0 Å². The molecule has 0 aliphatic carbocycles. The van der Waals surface area contributed by atoms with E-state index in [0.717, 1.165) is 4.31 Å². The molecule has 2 heterocycles. The normalized spacial score (nSPS) is 26.0. The molecule has 0 radical (unpaired) electrons. The highest BCUT2D eigenvalue weighted by Crippen LogP contribution is 2.29. The van der Waals surface area contributed by atoms with Crippen LogP contribution in [0.1, 0.15) is 19.3 Å². The van der Waals surface area contributed by atoms with Gasteiger partial charge in [0.05, 0.1) is 11.9 Å². The molecule has 0 bridgehead atoms. The van der Waals surface area contributed by atoms with Crippen LogP contribution in [-0.4, -0.2) is 72.3 Å². The molecule has 2 fully saturated rings. The highest BCUT2D eigenvalue weighted by atomic mass is 32.2. The Bertz CT molecular complexity index is 904. The van der Waals surface area contributed by atoms with Crippen molar-refractivity contribution >= 4 is 23.0 Å². The van der Waals surface area contributed by atoms with E-state index in [9.17, 15) is 36.4 Å². The number of likely N-dealkylation sites (tertiary alicyclic amines) is 1. The average molecular weight is 435 g/mol. The largest absolute Gasteiger partial charge is 0.475 e. The Hall–Kier alpha value is -1.67. The lowest BCUT2D eigenvalue weighted by Gasteiger charge is -2.38. The number of halogens is 3. The fourth-order valence-electron chi connectivity index (χ4n) is 3.85. The van der Waals surface area contributed by atoms with Gasteiger partial charge in [0, 0.05) is 31.7 Å². The van der Waals surface area contributed by atoms with Gasteiger partial charge in [0.25, 0.3) is 0 Å². The molecule has 3 atom stereocenters. The van der Waals surface area contributed by atoms with Gasteiger partial charge in [-0.2, -0.15) is 4.31 Å². The van der Waals surface area contributed by atoms with E-state index in [1.54, 1.807) is 0 Å². The molecule has 1 aromatic rings. The zero-order chi connectivity index (χ0) is 21.5. The van der Waals surface area contributed by atoms with Crippen molar-refractivity contribution < 1.29 is 36.4 Å². The van der Waals surface area contributed by atoms with Crippen LogP contribution in [0.3, 0.4) is 0 Å². The maximum Gasteiger partial charge on any atom is 0.475 e. The maximum atomic E-state index is 14.0. The molecule has 0 aromatic heterocycles. The minimum atomic E-state index is -4.55. The summed E-state index contributed by atoms with van der Waals surface area (Å²) in [4.78, 5) is 13.2. The molecule has 0 saturated carbocycles. The SMILES string of the molecule is N[C@@H]1CCN(S(=O)(=O)c2cc(F)c(F)cc2F)C[C@H]1C(=O)N1CCC[C@H]1B(O)O. The zero-order valence-electron chi connectivity index (χ0n) is 15.3. The number of nitrogens with zero attached hydrogens (tertiary/aromatic N) is 2. The standard InChI is InChI=1S/C16H21BF3N3O5S/c18-10-6-12(20)14(7-11(10)19)29(27,28)22-5-3-13(21)9(8-22)16(24)23-4-1-2-15(23)17(25)26/h6-7,9,13,15,25-26H,1-5,8,21H2/t9-,13-,15+/m1/s1. The fraction of sp³-hybridized carbons (Fsp3) is 0.562. The molecule has 2 saturated heterocycles. The predicted octanol–water partition coefficient (Wildman–Crippen LogP) is -0.555. The number of carbonyl (C=O) groups is 1. The molecule has 160 valence electrons. The number of hydrogen-bond donors (Lipinski definition) is 3. The van der Waals surface area contributed by atoms with Crippen molar-refractivity contribution in [1.29, 1.82) is 0 Å². The van der Waals surface area contributed by atoms with Gasteiger partial charge in [-0.15, -0.1) is 0 Å². The van der Waals surface area contributed by atoms with Gasteiger partial charge >= 0.3 is 7.12 Å². The summed E-state index contributed by atoms with van der Waals surface area (Å²) in [6, 6.07) is -0.275. The first-order chi connectivity index (χ1) is 13.5. The van der Waals surface area contributed by atoms with E-state index in [0.29, 0.717) is 12.8 Å². The molecule has 2 aliphatic rings. The monoisotopic (exact) mass is 435 g/mol. The molecule has 29 heavy (non-hydrogen) atoms. The van der Waals surface area contributed by atoms with Crippen LogP contribution in [0.5, 0.6) is 0 Å². The summed E-state index contributed by atoms with van der Waals surface area (Å²) in [6.45, 7) is -0.238. The maximum absolute atomic E-state index is 14.0. The van der Waals surface area contributed by atoms with Crippen LogP contribution in [0, 0.1) is 23.4 Å². The van der Waals surface area contributed by atoms with Gasteiger partial charge in [-0.25, -0.2) is 21.6 Å². The van der Waals surface area contributed by atoms with Crippen molar-refractivity contribution in [2.24, 2.45) is 11.7 Å². The van der Waals surface area contributed by atoms with E-state index in [2.05, 4.69) is 0 Å². The number of piperidine rings is 1. The van der Waals surface area contributed by atoms with E-state index < -0.39 is 63.3 Å². The summed E-state index contributed by atoms with van der Waals surface area (Å²) in [6.07, 6.45) is 1.02. The number of nitrogens with two attached hydrogens (primary N) is 1. The van der Waals surface area contributed by atoms with Crippen molar-refractivity contribution in [2.75, 3.05) is 19.6 Å². The van der Waals surface area contributed by atoms with E-state index in [1.165, 1.54) is 4.90 Å². The first kappa shape index (κ1) is 22.0. The van der Waals surface area contributed by atoms with E-state index in [4.69, 9.17) is 5.73 Å². The summed E-state index contributed by atoms with van der Waals surface area (Å²) in [7, 11) is -6.29. The lowest BCUT2D eigenvalue weighted by Crippen LogP contribution is -2.57. The van der Waals surface area contributed by atoms with Crippen LogP contribution in [0.25, 0.3) is 0 Å². The van der Waals surface area contributed by atoms with Crippen LogP contribution in [0.2, 0.25) is 0 Å². The van der Waals surface area contributed by atoms with Gasteiger partial charge in [-0.3, -0.25) is 4.79 Å². The summed E-state index contributed by atoms with van der Waals surface area (Å²) < 4.78 is 67.1. The molecule has 8 nitrogen and oxygen atoms in total. The van der Waals surface area contributed by atoms with Crippen molar-refractivity contribution in [3.63, 3.8) is 0 Å². The predicted molar refractivity (Wildman–Crippen MR) is 96.1 cm³/mol. The Labute approximate surface area is 166 Å². The summed E-state index contributed by atoms with van der Waals surface area (Å²) >= 11 is 0. The number of benzene rings is 1. The molecular formula is C16H21BF3N3O5S. The number of sulfonamides is 1. The Morgan fingerprint density at radius 3 is 2.41 bits per heavy atom. The molecule has 3 rings (SSSR count). The van der Waals surface area contributed by atoms with Crippen LogP contribution >= 0.6 is 0 Å². The molecule has 0 unspecified atom stereocenters.